The Hall–Kier alpha value is -10.5. The number of hydrogen-bond donors (Lipinski definition) is 7. The first-order valence-corrected chi connectivity index (χ1v) is 38.2. The Morgan fingerprint density at radius 2 is 0.669 bits per heavy atom. The summed E-state index contributed by atoms with van der Waals surface area (Å²) < 4.78 is 264. The highest BCUT2D eigenvalue weighted by molar-refractivity contribution is 6.09. The van der Waals surface area contributed by atoms with Gasteiger partial charge in [0.2, 0.25) is 0 Å². The average molecular weight is 1740 g/mol. The predicted octanol–water partition coefficient (Wildman–Crippen LogP) is 15.7. The Morgan fingerprint density at radius 3 is 0.917 bits per heavy atom. The van der Waals surface area contributed by atoms with Gasteiger partial charge in [0.25, 0.3) is 28.5 Å². The normalized spacial score (nSPS) is 16.2. The standard InChI is InChI=1S/2C27H30F6N4O3.C19H20F6N2O2.C8H12N2O2/c2*1-15-12-21(40-3)19(24(38)35-15)13-34-25(39)22-16(2)37(20-7-5-4-6-18(20)22)23(27(31,32)33)17-8-10-36(11-9-17)14-26(28,29)30;1-11-15(17(28)29)13-4-2-3-5-14(13)27(11)16(19(23,24)25)12-6-8-26(9-7-12)10-18(20,21)22;1-5-3-7(12-2)6(4-9)8(11)10-5/h2*4-7,12,17,23H,8-11,13-14H2,1-3H3,(H,34,39)(H,35,38);2-5,12,16H,6-10H2,1H3,(H,28,29);3H,4,9H2,1-2H3,(H,10,11)/t2*23-;16-;/m000./s1. The van der Waals surface area contributed by atoms with Crippen molar-refractivity contribution in [1.29, 1.82) is 0 Å². The number of likely N-dealkylation sites (tertiary alicyclic amines) is 3. The fourth-order valence-electron chi connectivity index (χ4n) is 16.7. The van der Waals surface area contributed by atoms with Crippen molar-refractivity contribution in [1.82, 2.24) is 54.0 Å². The zero-order chi connectivity index (χ0) is 89.5. The number of para-hydroxylation sites is 3. The minimum absolute atomic E-state index is 0.0150. The molecule has 8 N–H and O–H groups in total. The molecule has 9 heterocycles. The van der Waals surface area contributed by atoms with E-state index in [4.69, 9.17) is 19.9 Å². The third-order valence-electron chi connectivity index (χ3n) is 21.8. The molecular weight excluding hydrogens is 1640 g/mol. The number of carbonyl (C=O) groups excluding carboxylic acids is 2. The van der Waals surface area contributed by atoms with Gasteiger partial charge in [-0.1, -0.05) is 54.6 Å². The van der Waals surface area contributed by atoms with Crippen molar-refractivity contribution in [3.05, 3.63) is 190 Å². The largest absolute Gasteiger partial charge is 0.496 e. The number of fused-ring (bicyclic) bond motifs is 3. The number of aromatic amines is 3. The average Bonchev–Trinajstić information content (AvgIpc) is 1.60. The van der Waals surface area contributed by atoms with Gasteiger partial charge in [-0.05, 0) is 173 Å². The van der Waals surface area contributed by atoms with Crippen molar-refractivity contribution in [3.63, 3.8) is 0 Å². The van der Waals surface area contributed by atoms with Crippen LogP contribution in [-0.4, -0.2) is 184 Å². The molecule has 3 fully saturated rings. The number of methoxy groups -OCH3 is 3. The zero-order valence-electron chi connectivity index (χ0n) is 67.0. The number of carboxylic acids is 1. The minimum Gasteiger partial charge on any atom is -0.496 e. The van der Waals surface area contributed by atoms with Gasteiger partial charge < -0.3 is 64.3 Å². The Morgan fingerprint density at radius 1 is 0.421 bits per heavy atom. The third-order valence-corrected chi connectivity index (χ3v) is 21.8. The Kier molecular flexibility index (Phi) is 29.9. The summed E-state index contributed by atoms with van der Waals surface area (Å²) in [5.41, 5.74) is 7.48. The summed E-state index contributed by atoms with van der Waals surface area (Å²) >= 11 is 0. The molecule has 0 spiro atoms. The van der Waals surface area contributed by atoms with E-state index in [-0.39, 0.29) is 181 Å². The van der Waals surface area contributed by atoms with Crippen LogP contribution < -0.4 is 47.3 Å². The van der Waals surface area contributed by atoms with Gasteiger partial charge in [0.05, 0.1) is 87.4 Å². The number of nitrogens with one attached hydrogen (secondary N) is 5. The minimum atomic E-state index is -4.72. The molecule has 3 saturated heterocycles. The molecule has 3 aliphatic heterocycles. The van der Waals surface area contributed by atoms with Crippen LogP contribution in [0.5, 0.6) is 17.2 Å². The second-order valence-electron chi connectivity index (χ2n) is 30.0. The van der Waals surface area contributed by atoms with E-state index in [1.54, 1.807) is 81.4 Å². The number of carboxylic acid groups (broad SMARTS) is 1. The van der Waals surface area contributed by atoms with Gasteiger partial charge in [0, 0.05) is 73.4 Å². The van der Waals surface area contributed by atoms with E-state index in [1.165, 1.54) is 72.4 Å². The molecule has 9 aromatic rings. The molecule has 0 unspecified atom stereocenters. The number of alkyl halides is 18. The molecule has 121 heavy (non-hydrogen) atoms. The van der Waals surface area contributed by atoms with Crippen LogP contribution in [0.25, 0.3) is 32.7 Å². The predicted molar refractivity (Wildman–Crippen MR) is 413 cm³/mol. The molecule has 3 aromatic carbocycles. The molecule has 2 amide bonds. The van der Waals surface area contributed by atoms with E-state index in [1.807, 2.05) is 0 Å². The van der Waals surface area contributed by atoms with Crippen molar-refractivity contribution in [2.45, 2.75) is 155 Å². The van der Waals surface area contributed by atoms with Crippen LogP contribution in [0.3, 0.4) is 0 Å². The monoisotopic (exact) mass is 1730 g/mol. The SMILES string of the molecule is COc1cc(C)[nH]c(=O)c1CN.COc1cc(C)[nH]c(=O)c1CNC(=O)c1c(C)n([C@@H](C2CCN(CC(F)(F)F)CC2)C(F)(F)F)c2ccccc12.COc1cc(C)[nH]c(=O)c1CNC(=O)c1c(C)n([C@@H](C2CCN(CC(F)(F)F)CC2)C(F)(F)F)c2ccccc12.Cc1c(C(=O)O)c2ccccc2n1[C@@H](C1CCN(CC(F)(F)F)CC1)C(F)(F)F. The summed E-state index contributed by atoms with van der Waals surface area (Å²) in [6.45, 7) is 4.92. The van der Waals surface area contributed by atoms with Crippen molar-refractivity contribution in [2.75, 3.05) is 80.2 Å². The number of pyridine rings is 3. The van der Waals surface area contributed by atoms with Gasteiger partial charge in [-0.15, -0.1) is 0 Å². The molecular formula is C81H92F18N12O10. The lowest BCUT2D eigenvalue weighted by Gasteiger charge is -2.38. The smallest absolute Gasteiger partial charge is 0.409 e. The molecule has 3 aliphatic rings. The molecule has 6 aromatic heterocycles. The first kappa shape index (κ1) is 94.4. The van der Waals surface area contributed by atoms with Crippen LogP contribution in [0.4, 0.5) is 79.0 Å². The summed E-state index contributed by atoms with van der Waals surface area (Å²) in [6, 6.07) is 17.3. The van der Waals surface area contributed by atoms with Crippen LogP contribution in [0, 0.1) is 59.3 Å². The highest BCUT2D eigenvalue weighted by Crippen LogP contribution is 2.49. The molecule has 662 valence electrons. The number of amides is 2. The lowest BCUT2D eigenvalue weighted by Crippen LogP contribution is -2.44. The van der Waals surface area contributed by atoms with Crippen molar-refractivity contribution < 1.29 is 113 Å². The van der Waals surface area contributed by atoms with Gasteiger partial charge in [0.1, 0.15) is 35.4 Å². The van der Waals surface area contributed by atoms with Crippen LogP contribution >= 0.6 is 0 Å². The van der Waals surface area contributed by atoms with Crippen LogP contribution in [0.1, 0.15) is 139 Å². The van der Waals surface area contributed by atoms with Gasteiger partial charge in [0.15, 0.2) is 0 Å². The number of aryl methyl sites for hydroxylation is 3. The van der Waals surface area contributed by atoms with Crippen LogP contribution in [0.15, 0.2) is 105 Å². The van der Waals surface area contributed by atoms with Crippen LogP contribution in [0.2, 0.25) is 0 Å². The molecule has 40 heteroatoms. The van der Waals surface area contributed by atoms with Gasteiger partial charge >= 0.3 is 43.0 Å². The first-order valence-electron chi connectivity index (χ1n) is 38.2. The number of nitrogens with two attached hydrogens (primary N) is 1. The van der Waals surface area contributed by atoms with Crippen molar-refractivity contribution >= 4 is 50.5 Å². The van der Waals surface area contributed by atoms with E-state index in [9.17, 15) is 113 Å². The highest BCUT2D eigenvalue weighted by atomic mass is 19.4. The number of carbonyl (C=O) groups is 3. The molecule has 0 radical (unpaired) electrons. The highest BCUT2D eigenvalue weighted by Gasteiger charge is 2.52. The molecule has 22 nitrogen and oxygen atoms in total. The maximum absolute atomic E-state index is 14.6. The number of aromatic carboxylic acids is 1. The number of aromatic nitrogens is 6. The molecule has 0 saturated carbocycles. The second-order valence-corrected chi connectivity index (χ2v) is 30.0. The summed E-state index contributed by atoms with van der Waals surface area (Å²) in [6.07, 6.45) is -27.8. The zero-order valence-corrected chi connectivity index (χ0v) is 67.0. The Balaban J connectivity index is 0.000000195. The fourth-order valence-corrected chi connectivity index (χ4v) is 16.7. The van der Waals surface area contributed by atoms with Crippen molar-refractivity contribution in [2.24, 2.45) is 23.5 Å². The number of benzene rings is 3. The van der Waals surface area contributed by atoms with E-state index in [0.717, 1.165) is 34.1 Å². The van der Waals surface area contributed by atoms with Crippen LogP contribution in [-0.2, 0) is 19.6 Å². The molecule has 12 rings (SSSR count). The number of piperidine rings is 3. The Labute approximate surface area is 680 Å². The second kappa shape index (κ2) is 38.3. The molecule has 3 atom stereocenters. The van der Waals surface area contributed by atoms with Crippen molar-refractivity contribution in [3.8, 4) is 17.2 Å². The number of ether oxygens (including phenoxy) is 3. The van der Waals surface area contributed by atoms with Gasteiger partial charge in [-0.2, -0.15) is 79.0 Å². The summed E-state index contributed by atoms with van der Waals surface area (Å²) in [4.78, 5) is 85.8. The quantitative estimate of drug-likeness (QED) is 0.0350. The maximum atomic E-state index is 14.6. The fraction of sp³-hybridized carbons (Fsp3) is 0.481. The summed E-state index contributed by atoms with van der Waals surface area (Å²) in [5.74, 6) is -4.50. The van der Waals surface area contributed by atoms with Gasteiger partial charge in [-0.3, -0.25) is 38.7 Å². The number of nitrogens with zero attached hydrogens (tertiary/aromatic N) is 6. The van der Waals surface area contributed by atoms with E-state index in [2.05, 4.69) is 25.6 Å². The number of halogens is 18. The lowest BCUT2D eigenvalue weighted by molar-refractivity contribution is -0.188. The van der Waals surface area contributed by atoms with Gasteiger partial charge in [-0.25, -0.2) is 4.79 Å². The third kappa shape index (κ3) is 22.8. The summed E-state index contributed by atoms with van der Waals surface area (Å²) in [5, 5.41) is 15.6. The molecule has 0 aliphatic carbocycles. The first-order chi connectivity index (χ1) is 56.5. The Bertz CT molecular complexity index is 5110. The number of rotatable bonds is 20. The van der Waals surface area contributed by atoms with E-state index in [0.29, 0.717) is 33.5 Å². The molecule has 0 bridgehead atoms. The van der Waals surface area contributed by atoms with E-state index >= 15 is 0 Å². The lowest BCUT2D eigenvalue weighted by atomic mass is 9.88. The number of H-pyrrole nitrogens is 3. The topological polar surface area (TPSA) is 272 Å². The summed E-state index contributed by atoms with van der Waals surface area (Å²) in [7, 11) is 4.28. The van der Waals surface area contributed by atoms with E-state index < -0.39 is 121 Å². The number of hydrogen-bond acceptors (Lipinski definition) is 13. The maximum Gasteiger partial charge on any atom is 0.409 e.